The number of ether oxygens (including phenoxy) is 2. The number of nitrogens with zero attached hydrogens (tertiary/aromatic N) is 2. The Morgan fingerprint density at radius 1 is 1.23 bits per heavy atom. The summed E-state index contributed by atoms with van der Waals surface area (Å²) in [6, 6.07) is 7.65. The van der Waals surface area contributed by atoms with E-state index in [4.69, 9.17) is 9.47 Å². The summed E-state index contributed by atoms with van der Waals surface area (Å²) >= 11 is 1.69. The zero-order chi connectivity index (χ0) is 18.9. The number of benzene rings is 1. The summed E-state index contributed by atoms with van der Waals surface area (Å²) in [6.45, 7) is 10.2. The molecule has 0 aliphatic rings. The predicted molar refractivity (Wildman–Crippen MR) is 107 cm³/mol. The molecule has 0 aliphatic heterocycles. The minimum atomic E-state index is -0.0421. The van der Waals surface area contributed by atoms with Crippen LogP contribution < -0.4 is 20.1 Å². The molecule has 0 spiro atoms. The highest BCUT2D eigenvalue weighted by molar-refractivity contribution is 7.11. The lowest BCUT2D eigenvalue weighted by Crippen LogP contribution is -2.41. The van der Waals surface area contributed by atoms with E-state index in [1.54, 1.807) is 18.4 Å². The lowest BCUT2D eigenvalue weighted by atomic mass is 10.3. The van der Waals surface area contributed by atoms with Gasteiger partial charge in [0.2, 0.25) is 0 Å². The first-order valence-electron chi connectivity index (χ1n) is 8.78. The Labute approximate surface area is 159 Å². The average Bonchev–Trinajstić information content (AvgIpc) is 2.95. The van der Waals surface area contributed by atoms with Gasteiger partial charge >= 0.3 is 0 Å². The van der Waals surface area contributed by atoms with E-state index in [0.717, 1.165) is 34.7 Å². The van der Waals surface area contributed by atoms with Gasteiger partial charge in [-0.15, -0.1) is 11.3 Å². The van der Waals surface area contributed by atoms with Gasteiger partial charge in [0.1, 0.15) is 11.1 Å². The first-order valence-corrected chi connectivity index (χ1v) is 9.59. The van der Waals surface area contributed by atoms with Crippen molar-refractivity contribution < 1.29 is 9.47 Å². The van der Waals surface area contributed by atoms with Crippen LogP contribution in [0.4, 0.5) is 0 Å². The van der Waals surface area contributed by atoms with Crippen molar-refractivity contribution in [2.45, 2.75) is 40.3 Å². The molecule has 1 aromatic carbocycles. The van der Waals surface area contributed by atoms with Crippen LogP contribution in [0.25, 0.3) is 0 Å². The second kappa shape index (κ2) is 10.0. The molecule has 0 bridgehead atoms. The molecule has 6 nitrogen and oxygen atoms in total. The van der Waals surface area contributed by atoms with Crippen LogP contribution in [0.15, 0.2) is 29.3 Å². The van der Waals surface area contributed by atoms with Crippen LogP contribution in [-0.2, 0) is 6.54 Å². The van der Waals surface area contributed by atoms with E-state index in [9.17, 15) is 0 Å². The lowest BCUT2D eigenvalue weighted by Gasteiger charge is -2.18. The molecule has 0 fully saturated rings. The number of guanidine groups is 1. The Morgan fingerprint density at radius 3 is 2.58 bits per heavy atom. The number of hydrogen-bond acceptors (Lipinski definition) is 5. The van der Waals surface area contributed by atoms with Crippen LogP contribution in [0.3, 0.4) is 0 Å². The van der Waals surface area contributed by atoms with Crippen LogP contribution in [0.5, 0.6) is 11.5 Å². The molecule has 1 aromatic heterocycles. The van der Waals surface area contributed by atoms with E-state index in [1.165, 1.54) is 4.88 Å². The first-order chi connectivity index (χ1) is 12.5. The van der Waals surface area contributed by atoms with Crippen molar-refractivity contribution in [2.75, 3.05) is 20.2 Å². The van der Waals surface area contributed by atoms with E-state index >= 15 is 0 Å². The Hall–Kier alpha value is -2.28. The van der Waals surface area contributed by atoms with Gasteiger partial charge in [-0.05, 0) is 39.8 Å². The van der Waals surface area contributed by atoms with Gasteiger partial charge in [-0.25, -0.2) is 9.98 Å². The Balaban J connectivity index is 1.91. The molecule has 1 unspecified atom stereocenters. The SMILES string of the molecule is CCNC(=NCc1nc(C)c(C)s1)NCC(C)Oc1ccccc1OC. The van der Waals surface area contributed by atoms with Gasteiger partial charge < -0.3 is 20.1 Å². The third kappa shape index (κ3) is 5.91. The number of methoxy groups -OCH3 is 1. The fraction of sp³-hybridized carbons (Fsp3) is 0.474. The van der Waals surface area contributed by atoms with E-state index in [0.29, 0.717) is 13.1 Å². The summed E-state index contributed by atoms with van der Waals surface area (Å²) in [6.07, 6.45) is -0.0421. The van der Waals surface area contributed by atoms with Gasteiger partial charge in [-0.1, -0.05) is 12.1 Å². The van der Waals surface area contributed by atoms with Crippen LogP contribution in [-0.4, -0.2) is 37.2 Å². The minimum Gasteiger partial charge on any atom is -0.493 e. The van der Waals surface area contributed by atoms with Crippen LogP contribution in [0.1, 0.15) is 29.4 Å². The molecular weight excluding hydrogens is 348 g/mol. The summed E-state index contributed by atoms with van der Waals surface area (Å²) in [5.74, 6) is 2.22. The Bertz CT molecular complexity index is 711. The molecule has 142 valence electrons. The molecule has 0 aliphatic carbocycles. The number of aryl methyl sites for hydroxylation is 2. The van der Waals surface area contributed by atoms with Crippen molar-refractivity contribution in [3.63, 3.8) is 0 Å². The quantitative estimate of drug-likeness (QED) is 0.547. The molecule has 0 saturated carbocycles. The number of nitrogens with one attached hydrogen (secondary N) is 2. The molecule has 2 N–H and O–H groups in total. The number of rotatable bonds is 8. The van der Waals surface area contributed by atoms with Crippen molar-refractivity contribution in [3.8, 4) is 11.5 Å². The fourth-order valence-electron chi connectivity index (χ4n) is 2.31. The molecule has 2 aromatic rings. The maximum Gasteiger partial charge on any atom is 0.191 e. The predicted octanol–water partition coefficient (Wildman–Crippen LogP) is 3.29. The van der Waals surface area contributed by atoms with E-state index in [2.05, 4.69) is 27.5 Å². The Morgan fingerprint density at radius 2 is 1.96 bits per heavy atom. The molecule has 1 atom stereocenters. The van der Waals surface area contributed by atoms with Gasteiger partial charge in [0.05, 0.1) is 25.9 Å². The van der Waals surface area contributed by atoms with Crippen molar-refractivity contribution in [1.29, 1.82) is 0 Å². The zero-order valence-corrected chi connectivity index (χ0v) is 16.9. The topological polar surface area (TPSA) is 67.8 Å². The summed E-state index contributed by atoms with van der Waals surface area (Å²) < 4.78 is 11.3. The molecule has 1 heterocycles. The monoisotopic (exact) mass is 376 g/mol. The second-order valence-corrected chi connectivity index (χ2v) is 7.19. The molecule has 2 rings (SSSR count). The van der Waals surface area contributed by atoms with Crippen LogP contribution >= 0.6 is 11.3 Å². The van der Waals surface area contributed by atoms with E-state index < -0.39 is 0 Å². The van der Waals surface area contributed by atoms with Gasteiger partial charge in [0.25, 0.3) is 0 Å². The molecule has 0 saturated heterocycles. The highest BCUT2D eigenvalue weighted by Gasteiger charge is 2.10. The number of hydrogen-bond donors (Lipinski definition) is 2. The summed E-state index contributed by atoms with van der Waals surface area (Å²) in [7, 11) is 1.64. The summed E-state index contributed by atoms with van der Waals surface area (Å²) in [5.41, 5.74) is 1.08. The smallest absolute Gasteiger partial charge is 0.191 e. The molecule has 0 amide bonds. The van der Waals surface area contributed by atoms with E-state index in [1.807, 2.05) is 45.0 Å². The normalized spacial score (nSPS) is 12.6. The van der Waals surface area contributed by atoms with Gasteiger partial charge in [-0.2, -0.15) is 0 Å². The van der Waals surface area contributed by atoms with Gasteiger partial charge in [0.15, 0.2) is 17.5 Å². The summed E-state index contributed by atoms with van der Waals surface area (Å²) in [5, 5.41) is 7.59. The third-order valence-corrected chi connectivity index (χ3v) is 4.80. The zero-order valence-electron chi connectivity index (χ0n) is 16.1. The fourth-order valence-corrected chi connectivity index (χ4v) is 3.17. The summed E-state index contributed by atoms with van der Waals surface area (Å²) in [4.78, 5) is 10.4. The lowest BCUT2D eigenvalue weighted by molar-refractivity contribution is 0.213. The van der Waals surface area contributed by atoms with Crippen LogP contribution in [0.2, 0.25) is 0 Å². The van der Waals surface area contributed by atoms with Gasteiger partial charge in [-0.3, -0.25) is 0 Å². The van der Waals surface area contributed by atoms with Crippen molar-refractivity contribution in [2.24, 2.45) is 4.99 Å². The first kappa shape index (κ1) is 20.0. The maximum absolute atomic E-state index is 5.97. The second-order valence-electron chi connectivity index (χ2n) is 5.90. The van der Waals surface area contributed by atoms with Crippen molar-refractivity contribution in [3.05, 3.63) is 39.8 Å². The van der Waals surface area contributed by atoms with Gasteiger partial charge in [0, 0.05) is 11.4 Å². The highest BCUT2D eigenvalue weighted by Crippen LogP contribution is 2.26. The largest absolute Gasteiger partial charge is 0.493 e. The number of thiazole rings is 1. The average molecular weight is 377 g/mol. The third-order valence-electron chi connectivity index (χ3n) is 3.74. The number of para-hydroxylation sites is 2. The number of aliphatic imine (C=N–C) groups is 1. The molecule has 7 heteroatoms. The molecular formula is C19H28N4O2S. The van der Waals surface area contributed by atoms with Crippen molar-refractivity contribution in [1.82, 2.24) is 15.6 Å². The van der Waals surface area contributed by atoms with E-state index in [-0.39, 0.29) is 6.10 Å². The Kier molecular flexibility index (Phi) is 7.72. The maximum atomic E-state index is 5.97. The van der Waals surface area contributed by atoms with Crippen molar-refractivity contribution >= 4 is 17.3 Å². The molecule has 26 heavy (non-hydrogen) atoms. The van der Waals surface area contributed by atoms with Crippen LogP contribution in [0, 0.1) is 13.8 Å². The minimum absolute atomic E-state index is 0.0421. The number of aromatic nitrogens is 1. The molecule has 0 radical (unpaired) electrons. The standard InChI is InChI=1S/C19H28N4O2S/c1-6-20-19(22-12-18-23-14(3)15(4)26-18)21-11-13(2)25-17-10-8-7-9-16(17)24-5/h7-10,13H,6,11-12H2,1-5H3,(H2,20,21,22). The highest BCUT2D eigenvalue weighted by atomic mass is 32.1.